The molecule has 3 N–H and O–H groups in total. The van der Waals surface area contributed by atoms with Gasteiger partial charge in [-0.05, 0) is 17.2 Å². The average Bonchev–Trinajstić information content (AvgIpc) is 2.34. The molecule has 1 rings (SSSR count). The van der Waals surface area contributed by atoms with Crippen LogP contribution in [0, 0.1) is 22.7 Å². The predicted octanol–water partition coefficient (Wildman–Crippen LogP) is 1.29. The number of rotatable bonds is 3. The van der Waals surface area contributed by atoms with Crippen LogP contribution in [-0.2, 0) is 4.57 Å². The summed E-state index contributed by atoms with van der Waals surface area (Å²) in [6, 6.07) is 8.91. The molecule has 1 aromatic carbocycles. The van der Waals surface area contributed by atoms with Gasteiger partial charge in [-0.25, -0.2) is 0 Å². The number of aliphatic hydroxyl groups excluding tert-OH is 1. The molecule has 7 heteroatoms. The average molecular weight is 264 g/mol. The van der Waals surface area contributed by atoms with Gasteiger partial charge in [0, 0.05) is 0 Å². The van der Waals surface area contributed by atoms with Gasteiger partial charge in [0.15, 0.2) is 5.85 Å². The molecule has 0 heterocycles. The third-order valence-corrected chi connectivity index (χ3v) is 3.04. The van der Waals surface area contributed by atoms with E-state index in [0.29, 0.717) is 5.56 Å². The normalized spacial score (nSPS) is 12.1. The number of allylic oxidation sites excluding steroid dienone is 1. The molecular weight excluding hydrogens is 255 g/mol. The van der Waals surface area contributed by atoms with E-state index in [2.05, 4.69) is 0 Å². The Labute approximate surface area is 103 Å². The van der Waals surface area contributed by atoms with Crippen molar-refractivity contribution in [1.29, 1.82) is 10.5 Å². The summed E-state index contributed by atoms with van der Waals surface area (Å²) >= 11 is 0. The van der Waals surface area contributed by atoms with E-state index in [0.717, 1.165) is 0 Å². The molecule has 1 atom stereocenters. The maximum Gasteiger partial charge on any atom is 0.358 e. The fraction of sp³-hybridized carbons (Fsp3) is 0.0909. The van der Waals surface area contributed by atoms with Crippen molar-refractivity contribution in [1.82, 2.24) is 0 Å². The molecule has 0 saturated carbocycles. The molecule has 0 saturated heterocycles. The van der Waals surface area contributed by atoms with E-state index in [4.69, 9.17) is 20.3 Å². The molecule has 0 radical (unpaired) electrons. The van der Waals surface area contributed by atoms with Crippen molar-refractivity contribution in [3.63, 3.8) is 0 Å². The van der Waals surface area contributed by atoms with E-state index < -0.39 is 13.4 Å². The van der Waals surface area contributed by atoms with Crippen LogP contribution in [0.25, 0.3) is 6.08 Å². The second kappa shape index (κ2) is 5.59. The van der Waals surface area contributed by atoms with E-state index in [-0.39, 0.29) is 11.1 Å². The Morgan fingerprint density at radius 2 is 1.72 bits per heavy atom. The van der Waals surface area contributed by atoms with Crippen molar-refractivity contribution in [2.45, 2.75) is 5.85 Å². The summed E-state index contributed by atoms with van der Waals surface area (Å²) in [6.45, 7) is 0. The second-order valence-electron chi connectivity index (χ2n) is 3.41. The van der Waals surface area contributed by atoms with Gasteiger partial charge in [-0.2, -0.15) is 10.5 Å². The zero-order chi connectivity index (χ0) is 13.8. The Hall–Kier alpha value is -1.95. The summed E-state index contributed by atoms with van der Waals surface area (Å²) in [7, 11) is -4.60. The quantitative estimate of drug-likeness (QED) is 0.557. The second-order valence-corrected chi connectivity index (χ2v) is 5.08. The molecule has 0 aliphatic rings. The van der Waals surface area contributed by atoms with Gasteiger partial charge < -0.3 is 14.9 Å². The summed E-state index contributed by atoms with van der Waals surface area (Å²) in [4.78, 5) is 17.6. The molecule has 1 unspecified atom stereocenters. The Morgan fingerprint density at radius 3 is 2.11 bits per heavy atom. The number of hydrogen-bond donors (Lipinski definition) is 3. The highest BCUT2D eigenvalue weighted by Gasteiger charge is 2.27. The first-order valence-electron chi connectivity index (χ1n) is 4.73. The molecule has 0 aliphatic heterocycles. The molecule has 1 aromatic rings. The number of aliphatic hydroxyl groups is 1. The smallest absolute Gasteiger partial charge is 0.358 e. The Bertz CT molecular complexity index is 573. The van der Waals surface area contributed by atoms with Gasteiger partial charge in [-0.15, -0.1) is 0 Å². The van der Waals surface area contributed by atoms with Crippen molar-refractivity contribution in [3.05, 3.63) is 41.0 Å². The molecule has 18 heavy (non-hydrogen) atoms. The van der Waals surface area contributed by atoms with E-state index in [1.165, 1.54) is 30.3 Å². The summed E-state index contributed by atoms with van der Waals surface area (Å²) in [5, 5.41) is 26.4. The topological polar surface area (TPSA) is 125 Å². The first-order valence-corrected chi connectivity index (χ1v) is 6.42. The van der Waals surface area contributed by atoms with Gasteiger partial charge in [-0.1, -0.05) is 24.3 Å². The van der Waals surface area contributed by atoms with Gasteiger partial charge in [-0.3, -0.25) is 4.57 Å². The van der Waals surface area contributed by atoms with Crippen LogP contribution in [0.2, 0.25) is 0 Å². The van der Waals surface area contributed by atoms with E-state index in [1.54, 1.807) is 12.1 Å². The van der Waals surface area contributed by atoms with Gasteiger partial charge in [0.2, 0.25) is 0 Å². The molecule has 0 aromatic heterocycles. The predicted molar refractivity (Wildman–Crippen MR) is 62.6 cm³/mol. The van der Waals surface area contributed by atoms with Crippen molar-refractivity contribution in [3.8, 4) is 12.1 Å². The zero-order valence-electron chi connectivity index (χ0n) is 9.06. The lowest BCUT2D eigenvalue weighted by Crippen LogP contribution is -1.97. The maximum absolute atomic E-state index is 10.8. The SMILES string of the molecule is N#CC(C#N)=Cc1ccc(C(O)P(=O)(O)O)cc1. The highest BCUT2D eigenvalue weighted by molar-refractivity contribution is 7.51. The van der Waals surface area contributed by atoms with Gasteiger partial charge in [0.1, 0.15) is 17.7 Å². The van der Waals surface area contributed by atoms with Crippen LogP contribution in [0.5, 0.6) is 0 Å². The molecule has 0 aliphatic carbocycles. The van der Waals surface area contributed by atoms with Crippen molar-refractivity contribution in [2.75, 3.05) is 0 Å². The monoisotopic (exact) mass is 264 g/mol. The minimum absolute atomic E-state index is 0.0657. The molecule has 6 nitrogen and oxygen atoms in total. The van der Waals surface area contributed by atoms with E-state index in [9.17, 15) is 9.67 Å². The summed E-state index contributed by atoms with van der Waals surface area (Å²) in [6.07, 6.45) is 1.33. The summed E-state index contributed by atoms with van der Waals surface area (Å²) < 4.78 is 10.8. The highest BCUT2D eigenvalue weighted by atomic mass is 31.2. The van der Waals surface area contributed by atoms with Crippen LogP contribution in [0.1, 0.15) is 17.0 Å². The number of hydrogen-bond acceptors (Lipinski definition) is 4. The molecule has 0 amide bonds. The molecule has 0 bridgehead atoms. The third-order valence-electron chi connectivity index (χ3n) is 2.11. The Kier molecular flexibility index (Phi) is 4.38. The molecule has 92 valence electrons. The molecule has 0 fully saturated rings. The van der Waals surface area contributed by atoms with Crippen LogP contribution < -0.4 is 0 Å². The molecule has 0 spiro atoms. The van der Waals surface area contributed by atoms with E-state index >= 15 is 0 Å². The van der Waals surface area contributed by atoms with Crippen LogP contribution in [0.15, 0.2) is 29.8 Å². The van der Waals surface area contributed by atoms with Crippen LogP contribution in [0.4, 0.5) is 0 Å². The highest BCUT2D eigenvalue weighted by Crippen LogP contribution is 2.49. The fourth-order valence-corrected chi connectivity index (χ4v) is 1.78. The van der Waals surface area contributed by atoms with Gasteiger partial charge in [0.25, 0.3) is 0 Å². The first kappa shape index (κ1) is 14.1. The Morgan fingerprint density at radius 1 is 1.22 bits per heavy atom. The van der Waals surface area contributed by atoms with Crippen molar-refractivity contribution >= 4 is 13.7 Å². The zero-order valence-corrected chi connectivity index (χ0v) is 9.95. The van der Waals surface area contributed by atoms with Gasteiger partial charge >= 0.3 is 7.60 Å². The van der Waals surface area contributed by atoms with Gasteiger partial charge in [0.05, 0.1) is 0 Å². The lowest BCUT2D eigenvalue weighted by Gasteiger charge is -2.12. The van der Waals surface area contributed by atoms with Crippen LogP contribution in [0.3, 0.4) is 0 Å². The Balaban J connectivity index is 3.03. The number of benzene rings is 1. The summed E-state index contributed by atoms with van der Waals surface area (Å²) in [5.41, 5.74) is 0.504. The van der Waals surface area contributed by atoms with Crippen LogP contribution >= 0.6 is 7.60 Å². The lowest BCUT2D eigenvalue weighted by atomic mass is 10.1. The fourth-order valence-electron chi connectivity index (χ4n) is 1.21. The first-order chi connectivity index (χ1) is 8.38. The van der Waals surface area contributed by atoms with Crippen molar-refractivity contribution in [2.24, 2.45) is 0 Å². The standard InChI is InChI=1S/C11H9N2O4P/c12-6-9(7-13)5-8-1-3-10(4-2-8)11(14)18(15,16)17/h1-5,11,14H,(H2,15,16,17). The maximum atomic E-state index is 10.8. The minimum Gasteiger partial charge on any atom is -0.376 e. The lowest BCUT2D eigenvalue weighted by molar-refractivity contribution is 0.205. The summed E-state index contributed by atoms with van der Waals surface area (Å²) in [5.74, 6) is -1.87. The number of nitriles is 2. The minimum atomic E-state index is -4.60. The van der Waals surface area contributed by atoms with E-state index in [1.807, 2.05) is 0 Å². The third kappa shape index (κ3) is 3.53. The molecular formula is C11H9N2O4P. The number of nitrogens with zero attached hydrogens (tertiary/aromatic N) is 2. The largest absolute Gasteiger partial charge is 0.376 e. The van der Waals surface area contributed by atoms with Crippen LogP contribution in [-0.4, -0.2) is 14.9 Å². The van der Waals surface area contributed by atoms with Crippen molar-refractivity contribution < 1.29 is 19.5 Å².